The number of nitrogens with one attached hydrogen (secondary N) is 3. The third kappa shape index (κ3) is 8.63. The van der Waals surface area contributed by atoms with Crippen molar-refractivity contribution in [3.8, 4) is 0 Å². The molecule has 4 rings (SSSR count). The van der Waals surface area contributed by atoms with Crippen LogP contribution < -0.4 is 16.4 Å². The smallest absolute Gasteiger partial charge is 0.337 e. The Bertz CT molecular complexity index is 1630. The number of hydrogen-bond donors (Lipinski definition) is 4. The average molecular weight is 660 g/mol. The molecule has 1 aliphatic heterocycles. The number of aromatic amines is 1. The highest BCUT2D eigenvalue weighted by atomic mass is 16.6. The number of aromatic nitrogens is 1. The van der Waals surface area contributed by atoms with Gasteiger partial charge in [0.15, 0.2) is 6.10 Å². The van der Waals surface area contributed by atoms with Gasteiger partial charge in [0.25, 0.3) is 0 Å². The van der Waals surface area contributed by atoms with Crippen molar-refractivity contribution < 1.29 is 28.7 Å². The fourth-order valence-corrected chi connectivity index (χ4v) is 6.15. The van der Waals surface area contributed by atoms with Crippen LogP contribution in [0.15, 0.2) is 66.4 Å². The summed E-state index contributed by atoms with van der Waals surface area (Å²) in [5, 5.41) is 6.78. The number of likely N-dealkylation sites (N-methyl/N-ethyl adjacent to an activating group) is 1. The van der Waals surface area contributed by atoms with Crippen LogP contribution in [0.5, 0.6) is 0 Å². The number of para-hydroxylation sites is 1. The summed E-state index contributed by atoms with van der Waals surface area (Å²) >= 11 is 0. The molecular formula is C37H49N5O6. The normalized spacial score (nSPS) is 28.4. The number of nitrogen functional groups attached to an aromatic ring is 1. The Morgan fingerprint density at radius 1 is 0.958 bits per heavy atom. The molecule has 1 aromatic heterocycles. The van der Waals surface area contributed by atoms with Crippen LogP contribution in [-0.2, 0) is 35.1 Å². The minimum atomic E-state index is -1.20. The van der Waals surface area contributed by atoms with E-state index in [9.17, 15) is 19.2 Å². The molecule has 0 unspecified atom stereocenters. The van der Waals surface area contributed by atoms with Gasteiger partial charge < -0.3 is 35.7 Å². The molecule has 0 saturated carbocycles. The monoisotopic (exact) mass is 659 g/mol. The number of anilines is 1. The largest absolute Gasteiger partial charge is 0.463 e. The Balaban J connectivity index is 1.77. The highest BCUT2D eigenvalue weighted by molar-refractivity contribution is 5.93. The number of nitrogens with zero attached hydrogens (tertiary/aromatic N) is 1. The van der Waals surface area contributed by atoms with E-state index in [1.54, 1.807) is 38.2 Å². The lowest BCUT2D eigenvalue weighted by Crippen LogP contribution is -2.56. The predicted molar refractivity (Wildman–Crippen MR) is 186 cm³/mol. The number of esters is 1. The first kappa shape index (κ1) is 36.2. The van der Waals surface area contributed by atoms with Gasteiger partial charge in [0.05, 0.1) is 12.6 Å². The van der Waals surface area contributed by atoms with E-state index in [-0.39, 0.29) is 30.8 Å². The molecule has 48 heavy (non-hydrogen) atoms. The minimum Gasteiger partial charge on any atom is -0.463 e. The Labute approximate surface area is 282 Å². The second kappa shape index (κ2) is 16.0. The summed E-state index contributed by atoms with van der Waals surface area (Å²) in [7, 11) is 2.94. The van der Waals surface area contributed by atoms with Crippen LogP contribution in [-0.4, -0.2) is 72.5 Å². The van der Waals surface area contributed by atoms with Gasteiger partial charge in [0, 0.05) is 49.3 Å². The summed E-state index contributed by atoms with van der Waals surface area (Å²) in [4.78, 5) is 59.7. The third-order valence-corrected chi connectivity index (χ3v) is 9.33. The third-order valence-electron chi connectivity index (χ3n) is 9.33. The zero-order valence-electron chi connectivity index (χ0n) is 28.9. The van der Waals surface area contributed by atoms with Crippen LogP contribution in [0.1, 0.15) is 58.2 Å². The van der Waals surface area contributed by atoms with Crippen molar-refractivity contribution in [1.29, 1.82) is 0 Å². The second-order valence-electron chi connectivity index (χ2n) is 13.2. The molecule has 2 aromatic carbocycles. The SMILES string of the molecule is CO[C@@H]1C(=O)OC[C@H](C)[C@H](C)/C=C(\C)C[C@H](C)C(=O)N[C@@H](C)C(=O)N(C)[C@H](Cc2c[nH]c3ccccc23)C(=O)N[C@H]1c1ccc(N)cc1. The molecule has 5 N–H and O–H groups in total. The van der Waals surface area contributed by atoms with Crippen molar-refractivity contribution in [3.63, 3.8) is 0 Å². The number of cyclic esters (lactones) is 1. The van der Waals surface area contributed by atoms with E-state index >= 15 is 0 Å². The summed E-state index contributed by atoms with van der Waals surface area (Å²) in [6, 6.07) is 11.6. The molecule has 0 radical (unpaired) electrons. The van der Waals surface area contributed by atoms with Gasteiger partial charge in [-0.2, -0.15) is 0 Å². The summed E-state index contributed by atoms with van der Waals surface area (Å²) in [5.74, 6) is -2.22. The van der Waals surface area contributed by atoms with Crippen molar-refractivity contribution in [2.24, 2.45) is 17.8 Å². The number of methoxy groups -OCH3 is 1. The molecule has 7 atom stereocenters. The molecule has 11 nitrogen and oxygen atoms in total. The number of rotatable bonds is 4. The molecule has 258 valence electrons. The Hall–Kier alpha value is -4.64. The lowest BCUT2D eigenvalue weighted by Gasteiger charge is -2.33. The van der Waals surface area contributed by atoms with Crippen molar-refractivity contribution in [3.05, 3.63) is 77.5 Å². The quantitative estimate of drug-likeness (QED) is 0.185. The zero-order valence-corrected chi connectivity index (χ0v) is 28.9. The van der Waals surface area contributed by atoms with Crippen LogP contribution in [0.25, 0.3) is 10.9 Å². The lowest BCUT2D eigenvalue weighted by atomic mass is 9.91. The molecule has 0 spiro atoms. The molecule has 0 fully saturated rings. The van der Waals surface area contributed by atoms with Gasteiger partial charge in [0.1, 0.15) is 12.1 Å². The summed E-state index contributed by atoms with van der Waals surface area (Å²) in [5.41, 5.74) is 9.78. The van der Waals surface area contributed by atoms with Gasteiger partial charge >= 0.3 is 5.97 Å². The van der Waals surface area contributed by atoms with E-state index in [4.69, 9.17) is 15.2 Å². The molecule has 0 bridgehead atoms. The molecule has 3 aromatic rings. The maximum absolute atomic E-state index is 14.4. The second-order valence-corrected chi connectivity index (χ2v) is 13.2. The van der Waals surface area contributed by atoms with Crippen molar-refractivity contribution in [2.75, 3.05) is 26.5 Å². The van der Waals surface area contributed by atoms with E-state index in [1.807, 2.05) is 58.2 Å². The van der Waals surface area contributed by atoms with Crippen LogP contribution in [0, 0.1) is 17.8 Å². The number of fused-ring (bicyclic) bond motifs is 1. The Morgan fingerprint density at radius 2 is 1.65 bits per heavy atom. The number of ether oxygens (including phenoxy) is 2. The van der Waals surface area contributed by atoms with Gasteiger partial charge in [-0.3, -0.25) is 14.4 Å². The fraction of sp³-hybridized carbons (Fsp3) is 0.459. The van der Waals surface area contributed by atoms with Crippen LogP contribution in [0.3, 0.4) is 0 Å². The number of nitrogens with two attached hydrogens (primary N) is 1. The first-order chi connectivity index (χ1) is 22.8. The number of carbonyl (C=O) groups excluding carboxylic acids is 4. The van der Waals surface area contributed by atoms with E-state index in [0.29, 0.717) is 17.7 Å². The number of benzene rings is 2. The molecule has 3 amide bonds. The van der Waals surface area contributed by atoms with E-state index in [0.717, 1.165) is 22.0 Å². The number of allylic oxidation sites excluding steroid dienone is 2. The molecule has 11 heteroatoms. The van der Waals surface area contributed by atoms with Gasteiger partial charge in [-0.05, 0) is 61.4 Å². The average Bonchev–Trinajstić information content (AvgIpc) is 3.47. The molecular weight excluding hydrogens is 610 g/mol. The molecule has 0 saturated heterocycles. The lowest BCUT2D eigenvalue weighted by molar-refractivity contribution is -0.159. The maximum atomic E-state index is 14.4. The Kier molecular flexibility index (Phi) is 12.0. The summed E-state index contributed by atoms with van der Waals surface area (Å²) in [6.45, 7) is 9.55. The molecule has 2 heterocycles. The molecule has 0 aliphatic carbocycles. The fourth-order valence-electron chi connectivity index (χ4n) is 6.15. The first-order valence-electron chi connectivity index (χ1n) is 16.4. The highest BCUT2D eigenvalue weighted by Gasteiger charge is 2.37. The summed E-state index contributed by atoms with van der Waals surface area (Å²) < 4.78 is 11.5. The number of H-pyrrole nitrogens is 1. The maximum Gasteiger partial charge on any atom is 0.337 e. The van der Waals surface area contributed by atoms with Gasteiger partial charge in [0.2, 0.25) is 17.7 Å². The minimum absolute atomic E-state index is 0.0379. The van der Waals surface area contributed by atoms with Crippen molar-refractivity contribution >= 4 is 40.3 Å². The predicted octanol–water partition coefficient (Wildman–Crippen LogP) is 4.30. The van der Waals surface area contributed by atoms with E-state index < -0.39 is 47.9 Å². The molecule has 1 aliphatic rings. The van der Waals surface area contributed by atoms with Crippen molar-refractivity contribution in [1.82, 2.24) is 20.5 Å². The number of amides is 3. The summed E-state index contributed by atoms with van der Waals surface area (Å²) in [6.07, 6.45) is 3.36. The van der Waals surface area contributed by atoms with E-state index in [2.05, 4.69) is 21.7 Å². The first-order valence-corrected chi connectivity index (χ1v) is 16.4. The van der Waals surface area contributed by atoms with Crippen LogP contribution in [0.2, 0.25) is 0 Å². The topological polar surface area (TPSA) is 156 Å². The standard InChI is InChI=1S/C37H49N5O6/c1-21-16-22(2)24(4)20-48-37(46)33(47-7)32(26-12-14-28(38)15-13-26)41-35(44)31(18-27-19-39-30-11-9-8-10-29(27)30)42(6)36(45)25(5)40-34(43)23(3)17-21/h8-16,19,22-25,31-33,39H,17-18,20,38H2,1-7H3,(H,40,43)(H,41,44)/b21-16+/t22-,23+,24+,25+,31-,32+,33+/m1/s1. The number of carbonyl (C=O) groups is 4. The van der Waals surface area contributed by atoms with Gasteiger partial charge in [-0.1, -0.05) is 62.8 Å². The van der Waals surface area contributed by atoms with Gasteiger partial charge in [-0.15, -0.1) is 0 Å². The Morgan fingerprint density at radius 3 is 2.33 bits per heavy atom. The van der Waals surface area contributed by atoms with Gasteiger partial charge in [-0.25, -0.2) is 4.79 Å². The van der Waals surface area contributed by atoms with Crippen molar-refractivity contribution in [2.45, 2.75) is 71.7 Å². The zero-order chi connectivity index (χ0) is 35.1. The highest BCUT2D eigenvalue weighted by Crippen LogP contribution is 2.26. The van der Waals surface area contributed by atoms with Crippen LogP contribution in [0.4, 0.5) is 5.69 Å². The number of hydrogen-bond acceptors (Lipinski definition) is 7. The van der Waals surface area contributed by atoms with E-state index in [1.165, 1.54) is 12.0 Å². The van der Waals surface area contributed by atoms with Crippen LogP contribution >= 0.6 is 0 Å².